The van der Waals surface area contributed by atoms with Gasteiger partial charge in [-0.05, 0) is 42.7 Å². The summed E-state index contributed by atoms with van der Waals surface area (Å²) in [5, 5.41) is 4.65. The number of nitrogens with zero attached hydrogens (tertiary/aromatic N) is 2. The number of hydrogen-bond donors (Lipinski definition) is 0. The fourth-order valence-electron chi connectivity index (χ4n) is 1.98. The van der Waals surface area contributed by atoms with Crippen LogP contribution in [-0.4, -0.2) is 9.78 Å². The Morgan fingerprint density at radius 2 is 2.00 bits per heavy atom. The third kappa shape index (κ3) is 2.62. The molecule has 0 unspecified atom stereocenters. The molecule has 1 heterocycles. The summed E-state index contributed by atoms with van der Waals surface area (Å²) in [4.78, 5) is 0. The second-order valence-corrected chi connectivity index (χ2v) is 5.34. The van der Waals surface area contributed by atoms with Crippen molar-refractivity contribution < 1.29 is 0 Å². The smallest absolute Gasteiger partial charge is 0.0693 e. The molecule has 0 N–H and O–H groups in total. The van der Waals surface area contributed by atoms with Crippen LogP contribution in [0.2, 0.25) is 0 Å². The lowest BCUT2D eigenvalue weighted by molar-refractivity contribution is 0.788. The standard InChI is InChI=1S/C14H16BrClN2/c1-3-12-8-13(4-2)18(17-12)14-6-5-11(15)7-10(14)9-16/h5-8H,3-4,9H2,1-2H3. The lowest BCUT2D eigenvalue weighted by atomic mass is 10.2. The average molecular weight is 328 g/mol. The molecule has 0 amide bonds. The van der Waals surface area contributed by atoms with Crippen molar-refractivity contribution in [3.05, 3.63) is 45.7 Å². The van der Waals surface area contributed by atoms with Crippen molar-refractivity contribution in [3.8, 4) is 5.69 Å². The molecule has 1 aromatic heterocycles. The third-order valence-electron chi connectivity index (χ3n) is 2.97. The number of aryl methyl sites for hydroxylation is 2. The minimum atomic E-state index is 0.485. The topological polar surface area (TPSA) is 17.8 Å². The van der Waals surface area contributed by atoms with E-state index in [9.17, 15) is 0 Å². The molecule has 0 saturated carbocycles. The van der Waals surface area contributed by atoms with Crippen LogP contribution in [0.15, 0.2) is 28.7 Å². The molecule has 0 aliphatic heterocycles. The largest absolute Gasteiger partial charge is 0.237 e. The van der Waals surface area contributed by atoms with Crippen LogP contribution in [0.25, 0.3) is 5.69 Å². The lowest BCUT2D eigenvalue weighted by Gasteiger charge is -2.10. The molecule has 0 atom stereocenters. The minimum Gasteiger partial charge on any atom is -0.237 e. The van der Waals surface area contributed by atoms with E-state index < -0.39 is 0 Å². The molecule has 0 radical (unpaired) electrons. The number of benzene rings is 1. The van der Waals surface area contributed by atoms with E-state index in [1.807, 2.05) is 10.7 Å². The molecule has 0 spiro atoms. The predicted octanol–water partition coefficient (Wildman–Crippen LogP) is 4.50. The van der Waals surface area contributed by atoms with Gasteiger partial charge in [0.2, 0.25) is 0 Å². The number of halogens is 2. The Bertz CT molecular complexity index is 549. The maximum Gasteiger partial charge on any atom is 0.0693 e. The molecule has 4 heteroatoms. The van der Waals surface area contributed by atoms with Gasteiger partial charge < -0.3 is 0 Å². The SMILES string of the molecule is CCc1cc(CC)n(-c2ccc(Br)cc2CCl)n1. The maximum absolute atomic E-state index is 6.03. The van der Waals surface area contributed by atoms with Gasteiger partial charge in [0.25, 0.3) is 0 Å². The normalized spacial score (nSPS) is 10.9. The minimum absolute atomic E-state index is 0.485. The van der Waals surface area contributed by atoms with Crippen LogP contribution in [0.5, 0.6) is 0 Å². The average Bonchev–Trinajstić information content (AvgIpc) is 2.81. The first-order valence-electron chi connectivity index (χ1n) is 6.12. The number of hydrogen-bond acceptors (Lipinski definition) is 1. The van der Waals surface area contributed by atoms with Crippen molar-refractivity contribution >= 4 is 27.5 Å². The zero-order chi connectivity index (χ0) is 13.1. The van der Waals surface area contributed by atoms with Crippen LogP contribution < -0.4 is 0 Å². The Balaban J connectivity index is 2.56. The van der Waals surface area contributed by atoms with E-state index in [-0.39, 0.29) is 0 Å². The Morgan fingerprint density at radius 1 is 1.22 bits per heavy atom. The molecule has 96 valence electrons. The molecule has 2 nitrogen and oxygen atoms in total. The highest BCUT2D eigenvalue weighted by Gasteiger charge is 2.11. The van der Waals surface area contributed by atoms with Crippen molar-refractivity contribution in [1.82, 2.24) is 9.78 Å². The molecular formula is C14H16BrClN2. The summed E-state index contributed by atoms with van der Waals surface area (Å²) in [5.41, 5.74) is 4.51. The molecule has 0 bridgehead atoms. The molecule has 0 saturated heterocycles. The van der Waals surface area contributed by atoms with Gasteiger partial charge in [-0.1, -0.05) is 29.8 Å². The predicted molar refractivity (Wildman–Crippen MR) is 79.6 cm³/mol. The van der Waals surface area contributed by atoms with Crippen molar-refractivity contribution in [2.24, 2.45) is 0 Å². The number of aromatic nitrogens is 2. The van der Waals surface area contributed by atoms with Crippen LogP contribution >= 0.6 is 27.5 Å². The monoisotopic (exact) mass is 326 g/mol. The highest BCUT2D eigenvalue weighted by molar-refractivity contribution is 9.10. The van der Waals surface area contributed by atoms with Gasteiger partial charge in [0.15, 0.2) is 0 Å². The van der Waals surface area contributed by atoms with E-state index in [2.05, 4.69) is 53.1 Å². The zero-order valence-corrected chi connectivity index (χ0v) is 12.9. The quantitative estimate of drug-likeness (QED) is 0.756. The first kappa shape index (κ1) is 13.6. The zero-order valence-electron chi connectivity index (χ0n) is 10.6. The van der Waals surface area contributed by atoms with E-state index in [1.54, 1.807) is 0 Å². The van der Waals surface area contributed by atoms with Gasteiger partial charge in [-0.2, -0.15) is 5.10 Å². The Kier molecular flexibility index (Phi) is 4.46. The molecular weight excluding hydrogens is 312 g/mol. The van der Waals surface area contributed by atoms with Gasteiger partial charge in [0.1, 0.15) is 0 Å². The third-order valence-corrected chi connectivity index (χ3v) is 3.75. The van der Waals surface area contributed by atoms with Crippen molar-refractivity contribution in [2.45, 2.75) is 32.6 Å². The summed E-state index contributed by atoms with van der Waals surface area (Å²) in [6.45, 7) is 4.27. The molecule has 0 aliphatic rings. The molecule has 2 rings (SSSR count). The van der Waals surface area contributed by atoms with Crippen LogP contribution in [0.3, 0.4) is 0 Å². The van der Waals surface area contributed by atoms with E-state index in [0.29, 0.717) is 5.88 Å². The van der Waals surface area contributed by atoms with Crippen LogP contribution in [0.1, 0.15) is 30.8 Å². The van der Waals surface area contributed by atoms with Gasteiger partial charge in [-0.25, -0.2) is 4.68 Å². The Hall–Kier alpha value is -0.800. The van der Waals surface area contributed by atoms with Gasteiger partial charge in [-0.15, -0.1) is 11.6 Å². The summed E-state index contributed by atoms with van der Waals surface area (Å²) in [6, 6.07) is 8.31. The number of rotatable bonds is 4. The lowest BCUT2D eigenvalue weighted by Crippen LogP contribution is -2.04. The van der Waals surface area contributed by atoms with E-state index in [4.69, 9.17) is 11.6 Å². The first-order valence-corrected chi connectivity index (χ1v) is 7.44. The fraction of sp³-hybridized carbons (Fsp3) is 0.357. The summed E-state index contributed by atoms with van der Waals surface area (Å²) >= 11 is 9.50. The van der Waals surface area contributed by atoms with E-state index >= 15 is 0 Å². The highest BCUT2D eigenvalue weighted by Crippen LogP contribution is 2.23. The molecule has 2 aromatic rings. The van der Waals surface area contributed by atoms with Crippen LogP contribution in [-0.2, 0) is 18.7 Å². The highest BCUT2D eigenvalue weighted by atomic mass is 79.9. The molecule has 1 aromatic carbocycles. The van der Waals surface area contributed by atoms with Gasteiger partial charge in [0, 0.05) is 16.0 Å². The summed E-state index contributed by atoms with van der Waals surface area (Å²) in [6.07, 6.45) is 1.91. The van der Waals surface area contributed by atoms with E-state index in [0.717, 1.165) is 34.3 Å². The summed E-state index contributed by atoms with van der Waals surface area (Å²) < 4.78 is 3.06. The van der Waals surface area contributed by atoms with Crippen LogP contribution in [0.4, 0.5) is 0 Å². The van der Waals surface area contributed by atoms with Crippen LogP contribution in [0, 0.1) is 0 Å². The Morgan fingerprint density at radius 3 is 2.61 bits per heavy atom. The number of alkyl halides is 1. The Labute approximate surface area is 121 Å². The summed E-state index contributed by atoms with van der Waals surface area (Å²) in [5.74, 6) is 0.485. The van der Waals surface area contributed by atoms with Crippen molar-refractivity contribution in [1.29, 1.82) is 0 Å². The van der Waals surface area contributed by atoms with Crippen molar-refractivity contribution in [2.75, 3.05) is 0 Å². The van der Waals surface area contributed by atoms with Gasteiger partial charge in [0.05, 0.1) is 11.4 Å². The maximum atomic E-state index is 6.03. The molecule has 0 aliphatic carbocycles. The molecule has 18 heavy (non-hydrogen) atoms. The van der Waals surface area contributed by atoms with Gasteiger partial charge in [-0.3, -0.25) is 0 Å². The van der Waals surface area contributed by atoms with Gasteiger partial charge >= 0.3 is 0 Å². The van der Waals surface area contributed by atoms with E-state index in [1.165, 1.54) is 5.69 Å². The first-order chi connectivity index (χ1) is 8.69. The molecule has 0 fully saturated rings. The fourth-order valence-corrected chi connectivity index (χ4v) is 2.60. The summed E-state index contributed by atoms with van der Waals surface area (Å²) in [7, 11) is 0. The second-order valence-electron chi connectivity index (χ2n) is 4.15. The van der Waals surface area contributed by atoms with Crippen molar-refractivity contribution in [3.63, 3.8) is 0 Å². The second kappa shape index (κ2) is 5.89.